The third-order valence-electron chi connectivity index (χ3n) is 2.13. The normalized spacial score (nSPS) is 39.7. The van der Waals surface area contributed by atoms with Gasteiger partial charge in [-0.05, 0) is 0 Å². The first-order valence-electron chi connectivity index (χ1n) is 4.12. The van der Waals surface area contributed by atoms with Crippen molar-refractivity contribution in [1.82, 2.24) is 0 Å². The molecule has 0 spiro atoms. The van der Waals surface area contributed by atoms with Crippen LogP contribution < -0.4 is 0 Å². The number of hydrogen-bond donors (Lipinski definition) is 1. The van der Waals surface area contributed by atoms with Crippen molar-refractivity contribution in [2.75, 3.05) is 27.9 Å². The van der Waals surface area contributed by atoms with Crippen molar-refractivity contribution in [3.63, 3.8) is 0 Å². The summed E-state index contributed by atoms with van der Waals surface area (Å²) < 4.78 is 15.3. The predicted octanol–water partition coefficient (Wildman–Crippen LogP) is 0.0966. The summed E-state index contributed by atoms with van der Waals surface area (Å²) in [5.74, 6) is 0. The number of thioether (sulfide) groups is 1. The fraction of sp³-hybridized carbons (Fsp3) is 1.00. The summed E-state index contributed by atoms with van der Waals surface area (Å²) in [6, 6.07) is 0. The van der Waals surface area contributed by atoms with E-state index in [0.29, 0.717) is 6.61 Å². The summed E-state index contributed by atoms with van der Waals surface area (Å²) in [7, 11) is 4.82. The molecule has 1 fully saturated rings. The van der Waals surface area contributed by atoms with Gasteiger partial charge in [-0.15, -0.1) is 11.8 Å². The van der Waals surface area contributed by atoms with Crippen LogP contribution >= 0.6 is 11.8 Å². The lowest BCUT2D eigenvalue weighted by molar-refractivity contribution is -0.0513. The molecule has 4 atom stereocenters. The minimum atomic E-state index is -0.569. The van der Waals surface area contributed by atoms with E-state index >= 15 is 0 Å². The Labute approximate surface area is 82.5 Å². The van der Waals surface area contributed by atoms with Gasteiger partial charge in [-0.3, -0.25) is 0 Å². The Bertz CT molecular complexity index is 155. The molecule has 1 saturated heterocycles. The first-order valence-corrected chi connectivity index (χ1v) is 5.07. The minimum absolute atomic E-state index is 0.148. The maximum Gasteiger partial charge on any atom is 0.131 e. The molecule has 1 aliphatic rings. The van der Waals surface area contributed by atoms with E-state index in [1.807, 2.05) is 0 Å². The van der Waals surface area contributed by atoms with Crippen molar-refractivity contribution in [2.24, 2.45) is 0 Å². The lowest BCUT2D eigenvalue weighted by atomic mass is 10.1. The summed E-state index contributed by atoms with van der Waals surface area (Å²) in [6.07, 6.45) is -0.768. The van der Waals surface area contributed by atoms with Gasteiger partial charge >= 0.3 is 0 Å². The largest absolute Gasteiger partial charge is 0.387 e. The molecule has 5 heteroatoms. The zero-order chi connectivity index (χ0) is 9.84. The summed E-state index contributed by atoms with van der Waals surface area (Å²) in [4.78, 5) is 0. The molecule has 0 bridgehead atoms. The van der Waals surface area contributed by atoms with E-state index in [9.17, 15) is 5.11 Å². The van der Waals surface area contributed by atoms with Gasteiger partial charge in [0.25, 0.3) is 0 Å². The molecule has 0 amide bonds. The van der Waals surface area contributed by atoms with E-state index in [-0.39, 0.29) is 16.8 Å². The number of methoxy groups -OCH3 is 3. The van der Waals surface area contributed by atoms with Gasteiger partial charge in [0, 0.05) is 21.3 Å². The van der Waals surface area contributed by atoms with Gasteiger partial charge in [0.2, 0.25) is 0 Å². The van der Waals surface area contributed by atoms with E-state index in [0.717, 1.165) is 0 Å². The molecule has 1 aliphatic heterocycles. The van der Waals surface area contributed by atoms with Crippen molar-refractivity contribution < 1.29 is 19.3 Å². The van der Waals surface area contributed by atoms with Gasteiger partial charge < -0.3 is 19.3 Å². The van der Waals surface area contributed by atoms with E-state index < -0.39 is 6.10 Å². The maximum absolute atomic E-state index is 9.72. The Kier molecular flexibility index (Phi) is 4.48. The van der Waals surface area contributed by atoms with Crippen molar-refractivity contribution in [1.29, 1.82) is 0 Å². The standard InChI is InChI=1S/C8H16O4S/c1-10-4-5-7(11-2)6(9)8(12-3)13-5/h5-9H,4H2,1-3H3/t5-,6+,7-,8?/m1/s1. The second-order valence-electron chi connectivity index (χ2n) is 2.92. The van der Waals surface area contributed by atoms with Crippen LogP contribution in [-0.2, 0) is 14.2 Å². The maximum atomic E-state index is 9.72. The van der Waals surface area contributed by atoms with Crippen LogP contribution in [0.4, 0.5) is 0 Å². The Balaban J connectivity index is 2.55. The van der Waals surface area contributed by atoms with Gasteiger partial charge in [-0.25, -0.2) is 0 Å². The molecule has 78 valence electrons. The quantitative estimate of drug-likeness (QED) is 0.710. The van der Waals surface area contributed by atoms with Gasteiger partial charge in [0.05, 0.1) is 11.9 Å². The van der Waals surface area contributed by atoms with Crippen molar-refractivity contribution >= 4 is 11.8 Å². The Morgan fingerprint density at radius 1 is 1.23 bits per heavy atom. The highest BCUT2D eigenvalue weighted by atomic mass is 32.2. The molecule has 1 N–H and O–H groups in total. The molecule has 0 saturated carbocycles. The zero-order valence-electron chi connectivity index (χ0n) is 8.10. The van der Waals surface area contributed by atoms with Crippen LogP contribution in [0.3, 0.4) is 0 Å². The fourth-order valence-corrected chi connectivity index (χ4v) is 2.90. The highest BCUT2D eigenvalue weighted by molar-refractivity contribution is 8.00. The molecule has 0 aliphatic carbocycles. The van der Waals surface area contributed by atoms with Gasteiger partial charge in [-0.2, -0.15) is 0 Å². The average molecular weight is 208 g/mol. The van der Waals surface area contributed by atoms with Crippen LogP contribution in [0.25, 0.3) is 0 Å². The topological polar surface area (TPSA) is 47.9 Å². The molecular formula is C8H16O4S. The first kappa shape index (κ1) is 11.3. The van der Waals surface area contributed by atoms with Crippen LogP contribution in [0.2, 0.25) is 0 Å². The number of aliphatic hydroxyl groups excluding tert-OH is 1. The third kappa shape index (κ3) is 2.35. The number of ether oxygens (including phenoxy) is 3. The lowest BCUT2D eigenvalue weighted by Gasteiger charge is -2.18. The van der Waals surface area contributed by atoms with Gasteiger partial charge in [-0.1, -0.05) is 0 Å². The Hall–Kier alpha value is 0.190. The molecular weight excluding hydrogens is 192 g/mol. The van der Waals surface area contributed by atoms with Crippen LogP contribution in [0, 0.1) is 0 Å². The van der Waals surface area contributed by atoms with E-state index in [2.05, 4.69) is 0 Å². The van der Waals surface area contributed by atoms with Gasteiger partial charge in [0.15, 0.2) is 0 Å². The predicted molar refractivity (Wildman–Crippen MR) is 50.9 cm³/mol. The molecule has 0 aromatic carbocycles. The summed E-state index contributed by atoms with van der Waals surface area (Å²) >= 11 is 1.55. The molecule has 4 nitrogen and oxygen atoms in total. The number of rotatable bonds is 4. The first-order chi connectivity index (χ1) is 6.24. The van der Waals surface area contributed by atoms with E-state index in [1.54, 1.807) is 33.1 Å². The Morgan fingerprint density at radius 2 is 1.92 bits per heavy atom. The molecule has 1 unspecified atom stereocenters. The van der Waals surface area contributed by atoms with Crippen LogP contribution in [0.15, 0.2) is 0 Å². The zero-order valence-corrected chi connectivity index (χ0v) is 8.91. The molecule has 0 radical (unpaired) electrons. The van der Waals surface area contributed by atoms with Crippen LogP contribution in [0.5, 0.6) is 0 Å². The third-order valence-corrected chi connectivity index (χ3v) is 3.62. The number of hydrogen-bond acceptors (Lipinski definition) is 5. The Morgan fingerprint density at radius 3 is 2.38 bits per heavy atom. The SMILES string of the molecule is COC[C@H]1SC(OC)[C@@H](O)[C@@H]1OC. The molecule has 0 aromatic rings. The van der Waals surface area contributed by atoms with E-state index in [4.69, 9.17) is 14.2 Å². The molecule has 13 heavy (non-hydrogen) atoms. The molecule has 0 aromatic heterocycles. The monoisotopic (exact) mass is 208 g/mol. The molecule has 1 rings (SSSR count). The van der Waals surface area contributed by atoms with Crippen LogP contribution in [0.1, 0.15) is 0 Å². The second kappa shape index (κ2) is 5.17. The van der Waals surface area contributed by atoms with E-state index in [1.165, 1.54) is 0 Å². The minimum Gasteiger partial charge on any atom is -0.387 e. The smallest absolute Gasteiger partial charge is 0.131 e. The van der Waals surface area contributed by atoms with Crippen molar-refractivity contribution in [3.8, 4) is 0 Å². The average Bonchev–Trinajstić information content (AvgIpc) is 2.43. The van der Waals surface area contributed by atoms with Crippen molar-refractivity contribution in [3.05, 3.63) is 0 Å². The highest BCUT2D eigenvalue weighted by Crippen LogP contribution is 2.36. The summed E-state index contributed by atoms with van der Waals surface area (Å²) in [5, 5.41) is 9.87. The summed E-state index contributed by atoms with van der Waals surface area (Å²) in [5.41, 5.74) is -0.204. The lowest BCUT2D eigenvalue weighted by Crippen LogP contribution is -2.36. The van der Waals surface area contributed by atoms with Crippen LogP contribution in [-0.4, -0.2) is 55.9 Å². The fourth-order valence-electron chi connectivity index (χ4n) is 1.49. The second-order valence-corrected chi connectivity index (χ2v) is 4.27. The highest BCUT2D eigenvalue weighted by Gasteiger charge is 2.43. The summed E-state index contributed by atoms with van der Waals surface area (Å²) in [6.45, 7) is 0.570. The van der Waals surface area contributed by atoms with Gasteiger partial charge in [0.1, 0.15) is 17.6 Å². The number of aliphatic hydroxyl groups is 1. The molecule has 1 heterocycles. The van der Waals surface area contributed by atoms with Crippen molar-refractivity contribution in [2.45, 2.75) is 22.9 Å².